The summed E-state index contributed by atoms with van der Waals surface area (Å²) < 4.78 is 2.03. The minimum atomic E-state index is 0.918. The molecule has 2 heterocycles. The number of fused-ring (bicyclic) bond motifs is 1. The van der Waals surface area contributed by atoms with Crippen LogP contribution >= 0.6 is 0 Å². The Morgan fingerprint density at radius 2 is 1.87 bits per heavy atom. The van der Waals surface area contributed by atoms with E-state index in [0.717, 1.165) is 17.1 Å². The number of nitrogens with zero attached hydrogens (tertiary/aromatic N) is 3. The van der Waals surface area contributed by atoms with Gasteiger partial charge < -0.3 is 0 Å². The third-order valence-electron chi connectivity index (χ3n) is 2.38. The van der Waals surface area contributed by atoms with Crippen LogP contribution in [0, 0.1) is 0 Å². The Morgan fingerprint density at radius 3 is 2.73 bits per heavy atom. The van der Waals surface area contributed by atoms with E-state index in [0.29, 0.717) is 0 Å². The molecule has 0 aliphatic carbocycles. The maximum Gasteiger partial charge on any atom is 0.105 e. The second-order valence-corrected chi connectivity index (χ2v) is 3.31. The van der Waals surface area contributed by atoms with Gasteiger partial charge in [-0.2, -0.15) is 0 Å². The monoisotopic (exact) mass is 195 g/mol. The molecule has 0 bridgehead atoms. The molecule has 0 atom stereocenters. The van der Waals surface area contributed by atoms with Crippen LogP contribution in [0.5, 0.6) is 0 Å². The third-order valence-corrected chi connectivity index (χ3v) is 2.38. The lowest BCUT2D eigenvalue weighted by Crippen LogP contribution is -2.00. The van der Waals surface area contributed by atoms with E-state index in [9.17, 15) is 0 Å². The minimum Gasteiger partial charge on any atom is -0.299 e. The molecule has 3 heteroatoms. The molecule has 0 aromatic heterocycles. The van der Waals surface area contributed by atoms with Gasteiger partial charge in [-0.05, 0) is 18.2 Å². The lowest BCUT2D eigenvalue weighted by atomic mass is 10.2. The largest absolute Gasteiger partial charge is 0.299 e. The first-order chi connectivity index (χ1) is 7.45. The highest BCUT2D eigenvalue weighted by atomic mass is 15.0. The highest BCUT2D eigenvalue weighted by Gasteiger charge is 2.08. The zero-order valence-corrected chi connectivity index (χ0v) is 8.04. The number of para-hydroxylation sites is 1. The lowest BCUT2D eigenvalue weighted by molar-refractivity contribution is 0.985. The van der Waals surface area contributed by atoms with Crippen LogP contribution in [0.1, 0.15) is 0 Å². The van der Waals surface area contributed by atoms with Crippen LogP contribution < -0.4 is 0 Å². The van der Waals surface area contributed by atoms with Gasteiger partial charge in [0, 0.05) is 11.9 Å². The number of hydrogen-bond donors (Lipinski definition) is 0. The summed E-state index contributed by atoms with van der Waals surface area (Å²) >= 11 is 0. The van der Waals surface area contributed by atoms with Crippen molar-refractivity contribution in [3.8, 4) is 17.1 Å². The summed E-state index contributed by atoms with van der Waals surface area (Å²) in [5, 5.41) is 0. The van der Waals surface area contributed by atoms with E-state index in [4.69, 9.17) is 0 Å². The summed E-state index contributed by atoms with van der Waals surface area (Å²) in [6.45, 7) is 0. The van der Waals surface area contributed by atoms with E-state index in [2.05, 4.69) is 9.97 Å². The molecule has 0 saturated heterocycles. The van der Waals surface area contributed by atoms with Gasteiger partial charge in [0.15, 0.2) is 0 Å². The molecule has 72 valence electrons. The molecule has 3 rings (SSSR count). The van der Waals surface area contributed by atoms with E-state index in [-0.39, 0.29) is 0 Å². The second-order valence-electron chi connectivity index (χ2n) is 3.31. The second kappa shape index (κ2) is 3.20. The Labute approximate surface area is 87.4 Å². The van der Waals surface area contributed by atoms with E-state index >= 15 is 0 Å². The fourth-order valence-corrected chi connectivity index (χ4v) is 1.67. The zero-order chi connectivity index (χ0) is 10.1. The Bertz CT molecular complexity index is 542. The fraction of sp³-hybridized carbons (Fsp3) is 0. The van der Waals surface area contributed by atoms with Crippen molar-refractivity contribution in [3.05, 3.63) is 55.1 Å². The Hall–Kier alpha value is -2.16. The topological polar surface area (TPSA) is 30.7 Å². The van der Waals surface area contributed by atoms with Crippen molar-refractivity contribution in [1.29, 1.82) is 0 Å². The fourth-order valence-electron chi connectivity index (χ4n) is 1.67. The van der Waals surface area contributed by atoms with E-state index in [1.54, 1.807) is 18.7 Å². The predicted octanol–water partition coefficient (Wildman–Crippen LogP) is 2.37. The van der Waals surface area contributed by atoms with Crippen molar-refractivity contribution >= 4 is 0 Å². The first-order valence-electron chi connectivity index (χ1n) is 4.77. The van der Waals surface area contributed by atoms with Gasteiger partial charge in [0.1, 0.15) is 5.69 Å². The molecule has 0 N–H and O–H groups in total. The van der Waals surface area contributed by atoms with Gasteiger partial charge in [-0.1, -0.05) is 18.2 Å². The summed E-state index contributed by atoms with van der Waals surface area (Å²) in [5.41, 5.74) is 3.10. The van der Waals surface area contributed by atoms with E-state index < -0.39 is 0 Å². The third kappa shape index (κ3) is 1.29. The molecule has 0 saturated carbocycles. The summed E-state index contributed by atoms with van der Waals surface area (Å²) in [6, 6.07) is 12.1. The first-order valence-corrected chi connectivity index (χ1v) is 4.77. The van der Waals surface area contributed by atoms with Crippen LogP contribution in [0.3, 0.4) is 0 Å². The molecule has 3 nitrogen and oxygen atoms in total. The molecule has 1 aromatic carbocycles. The van der Waals surface area contributed by atoms with Crippen LogP contribution in [-0.4, -0.2) is 14.5 Å². The maximum atomic E-state index is 4.22. The molecule has 0 fully saturated rings. The van der Waals surface area contributed by atoms with Crippen molar-refractivity contribution in [2.24, 2.45) is 0 Å². The smallest absolute Gasteiger partial charge is 0.105 e. The van der Waals surface area contributed by atoms with Crippen molar-refractivity contribution < 1.29 is 0 Å². The van der Waals surface area contributed by atoms with Crippen LogP contribution in [0.2, 0.25) is 0 Å². The standard InChI is InChI=1S/C12H9N3/c1-2-4-10(5-3-1)15-9-13-8-11-12(15)6-7-14-11/h1-9H. The molecule has 1 aromatic rings. The summed E-state index contributed by atoms with van der Waals surface area (Å²) in [4.78, 5) is 8.38. The normalized spacial score (nSPS) is 10.7. The SMILES string of the molecule is c1ccc(-n2cncc3nccc2-3)cc1. The molecule has 0 unspecified atom stereocenters. The number of rotatable bonds is 1. The Balaban J connectivity index is 2.25. The van der Waals surface area contributed by atoms with Crippen LogP contribution in [0.25, 0.3) is 17.1 Å². The van der Waals surface area contributed by atoms with Gasteiger partial charge >= 0.3 is 0 Å². The van der Waals surface area contributed by atoms with Crippen LogP contribution in [0.4, 0.5) is 0 Å². The van der Waals surface area contributed by atoms with Crippen LogP contribution in [0.15, 0.2) is 55.1 Å². The van der Waals surface area contributed by atoms with Crippen molar-refractivity contribution in [1.82, 2.24) is 14.5 Å². The summed E-state index contributed by atoms with van der Waals surface area (Å²) in [5.74, 6) is 0. The Kier molecular flexibility index (Phi) is 1.75. The quantitative estimate of drug-likeness (QED) is 0.596. The van der Waals surface area contributed by atoms with Gasteiger partial charge in [0.05, 0.1) is 18.2 Å². The van der Waals surface area contributed by atoms with Crippen molar-refractivity contribution in [2.75, 3.05) is 0 Å². The average molecular weight is 195 g/mol. The minimum absolute atomic E-state index is 0.918. The molecular weight excluding hydrogens is 186 g/mol. The van der Waals surface area contributed by atoms with Gasteiger partial charge in [-0.25, -0.2) is 4.98 Å². The highest BCUT2D eigenvalue weighted by Crippen LogP contribution is 2.21. The molecule has 2 aliphatic heterocycles. The molecule has 2 aliphatic rings. The van der Waals surface area contributed by atoms with Crippen molar-refractivity contribution in [3.63, 3.8) is 0 Å². The maximum absolute atomic E-state index is 4.22. The van der Waals surface area contributed by atoms with Gasteiger partial charge in [0.25, 0.3) is 0 Å². The van der Waals surface area contributed by atoms with Gasteiger partial charge in [-0.15, -0.1) is 0 Å². The van der Waals surface area contributed by atoms with E-state index in [1.165, 1.54) is 0 Å². The number of hydrogen-bond acceptors (Lipinski definition) is 2. The highest BCUT2D eigenvalue weighted by molar-refractivity contribution is 5.58. The number of benzene rings is 1. The zero-order valence-electron chi connectivity index (χ0n) is 8.04. The summed E-state index contributed by atoms with van der Waals surface area (Å²) in [7, 11) is 0. The van der Waals surface area contributed by atoms with E-state index in [1.807, 2.05) is 41.0 Å². The number of aromatic nitrogens is 3. The average Bonchev–Trinajstić information content (AvgIpc) is 2.78. The van der Waals surface area contributed by atoms with Gasteiger partial charge in [-0.3, -0.25) is 9.55 Å². The van der Waals surface area contributed by atoms with Crippen LogP contribution in [-0.2, 0) is 0 Å². The molecule has 0 radical (unpaired) electrons. The molecule has 0 spiro atoms. The molecular formula is C12H9N3. The molecule has 0 amide bonds. The Morgan fingerprint density at radius 1 is 1.00 bits per heavy atom. The lowest BCUT2D eigenvalue weighted by Gasteiger charge is -2.10. The summed E-state index contributed by atoms with van der Waals surface area (Å²) in [6.07, 6.45) is 5.37. The first kappa shape index (κ1) is 8.17. The predicted molar refractivity (Wildman–Crippen MR) is 58.0 cm³/mol. The van der Waals surface area contributed by atoms with Gasteiger partial charge in [0.2, 0.25) is 0 Å². The van der Waals surface area contributed by atoms with Crippen molar-refractivity contribution in [2.45, 2.75) is 0 Å². The molecule has 15 heavy (non-hydrogen) atoms.